The van der Waals surface area contributed by atoms with Crippen molar-refractivity contribution >= 4 is 5.78 Å². The lowest BCUT2D eigenvalue weighted by Crippen LogP contribution is -2.26. The summed E-state index contributed by atoms with van der Waals surface area (Å²) in [6.45, 7) is 42.5. The van der Waals surface area contributed by atoms with Crippen molar-refractivity contribution in [2.45, 2.75) is 198 Å². The highest BCUT2D eigenvalue weighted by Gasteiger charge is 2.35. The number of benzene rings is 3. The summed E-state index contributed by atoms with van der Waals surface area (Å²) in [5.41, 5.74) is 2.52. The fourth-order valence-electron chi connectivity index (χ4n) is 4.76. The lowest BCUT2D eigenvalue weighted by Gasteiger charge is -2.19. The molecule has 622 valence electrons. The smallest absolute Gasteiger partial charge is 0.414 e. The molecule has 1 N–H and O–H groups in total. The van der Waals surface area contributed by atoms with Gasteiger partial charge in [-0.2, -0.15) is 13.2 Å². The zero-order chi connectivity index (χ0) is 83.3. The maximum atomic E-state index is 11.3. The molecule has 19 nitrogen and oxygen atoms in total. The molecule has 1 unspecified atom stereocenters. The van der Waals surface area contributed by atoms with Crippen LogP contribution in [0.1, 0.15) is 166 Å². The van der Waals surface area contributed by atoms with Crippen LogP contribution in [-0.4, -0.2) is 229 Å². The third kappa shape index (κ3) is 184. The normalized spacial score (nSPS) is 10.3. The maximum absolute atomic E-state index is 11.3. The van der Waals surface area contributed by atoms with Crippen molar-refractivity contribution in [1.82, 2.24) is 0 Å². The minimum atomic E-state index is -4.21. The van der Waals surface area contributed by atoms with Gasteiger partial charge in [-0.3, -0.25) is 4.79 Å². The van der Waals surface area contributed by atoms with Gasteiger partial charge in [0.15, 0.2) is 5.78 Å². The zero-order valence-corrected chi connectivity index (χ0v) is 72.1. The summed E-state index contributed by atoms with van der Waals surface area (Å²) in [4.78, 5) is 9.92. The van der Waals surface area contributed by atoms with Crippen molar-refractivity contribution in [3.8, 4) is 11.5 Å². The average Bonchev–Trinajstić information content (AvgIpc) is 1.03. The monoisotopic (exact) mass is 1500 g/mol. The number of aliphatic hydroxyl groups excluding tert-OH is 1. The van der Waals surface area contributed by atoms with E-state index >= 15 is 0 Å². The Bertz CT molecular complexity index is 1770. The van der Waals surface area contributed by atoms with Gasteiger partial charge in [0.2, 0.25) is 0 Å². The van der Waals surface area contributed by atoms with Gasteiger partial charge in [-0.05, 0) is 137 Å². The van der Waals surface area contributed by atoms with E-state index in [9.17, 15) is 18.0 Å². The highest BCUT2D eigenvalue weighted by atomic mass is 19.4. The molecular formula is C81H163F3O19. The number of hydrogen-bond acceptors (Lipinski definition) is 19. The Hall–Kier alpha value is -4.60. The van der Waals surface area contributed by atoms with Crippen LogP contribution in [-0.2, 0) is 82.5 Å². The second kappa shape index (κ2) is 124. The number of carbonyl (C=O) groups is 1. The van der Waals surface area contributed by atoms with Crippen LogP contribution in [0.5, 0.6) is 11.5 Å². The molecule has 22 heteroatoms. The number of aryl methyl sites for hydroxylation is 1. The summed E-state index contributed by atoms with van der Waals surface area (Å²) in [6, 6.07) is 27.7. The molecule has 3 aromatic rings. The fourth-order valence-corrected chi connectivity index (χ4v) is 4.76. The minimum Gasteiger partial charge on any atom is -0.505 e. The van der Waals surface area contributed by atoms with Crippen molar-refractivity contribution in [2.24, 2.45) is 5.92 Å². The number of hydrogen-bond donors (Lipinski definition) is 1. The number of carbonyl (C=O) groups excluding carboxylic acids is 1. The van der Waals surface area contributed by atoms with E-state index in [1.165, 1.54) is 76.4 Å². The van der Waals surface area contributed by atoms with Gasteiger partial charge >= 0.3 is 6.18 Å². The predicted octanol–water partition coefficient (Wildman–Crippen LogP) is 19.4. The number of ether oxygens (including phenoxy) is 17. The van der Waals surface area contributed by atoms with E-state index in [2.05, 4.69) is 87.9 Å². The number of alkyl halides is 3. The van der Waals surface area contributed by atoms with E-state index in [4.69, 9.17) is 52.5 Å². The van der Waals surface area contributed by atoms with Gasteiger partial charge in [-0.15, -0.1) is 6.58 Å². The van der Waals surface area contributed by atoms with Crippen LogP contribution in [0.2, 0.25) is 0 Å². The Morgan fingerprint density at radius 1 is 0.544 bits per heavy atom. The molecule has 1 saturated carbocycles. The SMILES string of the molecule is C=CCOC.C=COC.CCCCOC.CCCOC.CCCOC.CCOC.CCOC.CO.COC.COC(C)(C)C.COC(C)C.COC(C)C(F)(F)F.COC1CCCCC1.COCC(C)=O.COCC(C)C.COCc1ccccc1.COc1ccc(C)cc1.COc1ccccc1. The van der Waals surface area contributed by atoms with E-state index < -0.39 is 12.3 Å². The van der Waals surface area contributed by atoms with Crippen LogP contribution in [0, 0.1) is 12.8 Å². The molecule has 4 rings (SSSR count). The number of halogens is 3. The third-order valence-electron chi connectivity index (χ3n) is 10.6. The molecule has 1 atom stereocenters. The van der Waals surface area contributed by atoms with E-state index in [1.807, 2.05) is 141 Å². The summed E-state index contributed by atoms with van der Waals surface area (Å²) in [6.07, 6.45) is 9.59. The first-order chi connectivity index (χ1) is 48.8. The number of methoxy groups -OCH3 is 17. The molecule has 0 spiro atoms. The third-order valence-corrected chi connectivity index (χ3v) is 10.6. The van der Waals surface area contributed by atoms with Gasteiger partial charge in [-0.25, -0.2) is 0 Å². The minimum absolute atomic E-state index is 0.0417. The first kappa shape index (κ1) is 131. The van der Waals surface area contributed by atoms with Crippen molar-refractivity contribution in [2.75, 3.05) is 188 Å². The predicted molar refractivity (Wildman–Crippen MR) is 429 cm³/mol. The molecule has 0 aliphatic heterocycles. The number of aliphatic hydroxyl groups is 1. The van der Waals surface area contributed by atoms with Gasteiger partial charge in [0.25, 0.3) is 0 Å². The molecule has 0 radical (unpaired) electrons. The molecule has 1 aliphatic carbocycles. The number of unbranched alkanes of at least 4 members (excludes halogenated alkanes) is 1. The number of para-hydroxylation sites is 1. The van der Waals surface area contributed by atoms with E-state index in [-0.39, 0.29) is 18.0 Å². The van der Waals surface area contributed by atoms with Crippen molar-refractivity contribution < 1.29 is 104 Å². The first-order valence-corrected chi connectivity index (χ1v) is 34.7. The molecule has 0 amide bonds. The average molecular weight is 1500 g/mol. The number of rotatable bonds is 23. The molecule has 3 aromatic carbocycles. The molecule has 0 aromatic heterocycles. The molecule has 103 heavy (non-hydrogen) atoms. The van der Waals surface area contributed by atoms with Crippen LogP contribution in [0.3, 0.4) is 0 Å². The molecule has 1 aliphatic rings. The van der Waals surface area contributed by atoms with E-state index in [0.29, 0.717) is 31.3 Å². The summed E-state index contributed by atoms with van der Waals surface area (Å²) in [7, 11) is 30.5. The van der Waals surface area contributed by atoms with Gasteiger partial charge in [0.1, 0.15) is 24.2 Å². The lowest BCUT2D eigenvalue weighted by atomic mass is 9.98. The summed E-state index contributed by atoms with van der Waals surface area (Å²) in [5.74, 6) is 2.57. The Balaban J connectivity index is -0.0000000685. The number of ketones is 1. The topological polar surface area (TPSA) is 194 Å². The van der Waals surface area contributed by atoms with Crippen LogP contribution in [0.15, 0.2) is 110 Å². The number of Topliss-reactive ketones (excluding diaryl/α,β-unsaturated/α-hetero) is 1. The second-order valence-electron chi connectivity index (χ2n) is 22.0. The summed E-state index contributed by atoms with van der Waals surface area (Å²) < 4.78 is 113. The molecule has 1 fully saturated rings. The molecule has 0 saturated heterocycles. The Kier molecular flexibility index (Phi) is 158. The standard InChI is InChI=1S/2C8H10O.C7H14O.C7H8O.3C5H12O.C4H7F3O.C4H8O2.3C4H10O.C4H8O.2C3H8O.C3H6O.C2H6O.CH4O/c1-7-3-5-8(9-2)6-4-7;1-9-7-8-5-3-2-4-6-8;2*1-8-7-5-3-2-4-6-7;1-5(2)4-6-3;1-5(2,3)6-4;1-3-4-5-6-2;1-3(8-2)4(5,6)7;1-4(5)3-6-2;1-4(2)5-3;3*1-3-4-5-2;3*1-3-4-2;1-3-2;1-2/h3-6H,1-2H3;2-6H,7H2,1H3;7H,2-6H2,1H3;2-6H,1H3;5H,4H2,1-3H3;1-4H3;3-5H2,1-2H3;3H,1-2H3;3H2,1-2H3;4H,1-3H3;2*3-4H2,1-2H3;3H,1,4H2,2H3;2*3H2,1-2H3;3H,1H2,2H3;1-2H3;2H,1H3. The van der Waals surface area contributed by atoms with Crippen molar-refractivity contribution in [3.63, 3.8) is 0 Å². The Labute approximate surface area is 632 Å². The summed E-state index contributed by atoms with van der Waals surface area (Å²) in [5, 5.41) is 7.00. The molecule has 0 bridgehead atoms. The van der Waals surface area contributed by atoms with Crippen LogP contribution in [0.25, 0.3) is 0 Å². The highest BCUT2D eigenvalue weighted by Crippen LogP contribution is 2.21. The van der Waals surface area contributed by atoms with Crippen molar-refractivity contribution in [1.29, 1.82) is 0 Å². The largest absolute Gasteiger partial charge is 0.505 e. The maximum Gasteiger partial charge on any atom is 0.414 e. The van der Waals surface area contributed by atoms with Crippen molar-refractivity contribution in [3.05, 3.63) is 122 Å². The summed E-state index contributed by atoms with van der Waals surface area (Å²) >= 11 is 0. The van der Waals surface area contributed by atoms with Gasteiger partial charge in [0, 0.05) is 153 Å². The van der Waals surface area contributed by atoms with E-state index in [0.717, 1.165) is 85.1 Å². The van der Waals surface area contributed by atoms with Gasteiger partial charge < -0.3 is 85.6 Å². The van der Waals surface area contributed by atoms with Gasteiger partial charge in [-0.1, -0.05) is 139 Å². The lowest BCUT2D eigenvalue weighted by molar-refractivity contribution is -0.206. The van der Waals surface area contributed by atoms with Crippen LogP contribution < -0.4 is 9.47 Å². The van der Waals surface area contributed by atoms with Crippen LogP contribution >= 0.6 is 0 Å². The first-order valence-electron chi connectivity index (χ1n) is 34.7. The Morgan fingerprint density at radius 2 is 0.922 bits per heavy atom. The van der Waals surface area contributed by atoms with E-state index in [1.54, 1.807) is 113 Å². The van der Waals surface area contributed by atoms with Gasteiger partial charge in [0.05, 0.1) is 58.6 Å². The van der Waals surface area contributed by atoms with Crippen LogP contribution in [0.4, 0.5) is 13.2 Å². The second-order valence-corrected chi connectivity index (χ2v) is 22.0. The Morgan fingerprint density at radius 3 is 1.07 bits per heavy atom. The molecule has 0 heterocycles. The molecular weight excluding hydrogens is 1330 g/mol. The highest BCUT2D eigenvalue weighted by molar-refractivity contribution is 5.76. The zero-order valence-electron chi connectivity index (χ0n) is 72.1. The fraction of sp³-hybridized carbons (Fsp3) is 0.716. The quantitative estimate of drug-likeness (QED) is 0.0534.